The first-order valence-corrected chi connectivity index (χ1v) is 6.89. The number of nitrogens with zero attached hydrogens (tertiary/aromatic N) is 2. The first-order chi connectivity index (χ1) is 8.85. The summed E-state index contributed by atoms with van der Waals surface area (Å²) in [5.41, 5.74) is 2.64. The van der Waals surface area contributed by atoms with E-state index in [1.54, 1.807) is 0 Å². The molecule has 18 heavy (non-hydrogen) atoms. The Morgan fingerprint density at radius 3 is 3.17 bits per heavy atom. The van der Waals surface area contributed by atoms with Gasteiger partial charge in [-0.3, -0.25) is 0 Å². The SMILES string of the molecule is c1ccc2c(c1)ncn2CC1CCCC2(CO2)C1. The fourth-order valence-corrected chi connectivity index (χ4v) is 3.40. The third-order valence-corrected chi connectivity index (χ3v) is 4.44. The summed E-state index contributed by atoms with van der Waals surface area (Å²) in [7, 11) is 0. The minimum absolute atomic E-state index is 0.277. The maximum Gasteiger partial charge on any atom is 0.0958 e. The highest BCUT2D eigenvalue weighted by Gasteiger charge is 2.47. The number of imidazole rings is 1. The minimum atomic E-state index is 0.277. The zero-order valence-corrected chi connectivity index (χ0v) is 10.5. The predicted molar refractivity (Wildman–Crippen MR) is 70.4 cm³/mol. The van der Waals surface area contributed by atoms with Gasteiger partial charge in [-0.2, -0.15) is 0 Å². The standard InChI is InChI=1S/C15H18N2O/c1-2-6-14-13(5-1)16-11-17(14)9-12-4-3-7-15(8-12)10-18-15/h1-2,5-6,11-12H,3-4,7-10H2. The Hall–Kier alpha value is -1.35. The Labute approximate surface area is 107 Å². The van der Waals surface area contributed by atoms with Crippen LogP contribution in [0.3, 0.4) is 0 Å². The summed E-state index contributed by atoms with van der Waals surface area (Å²) in [4.78, 5) is 4.47. The van der Waals surface area contributed by atoms with Crippen molar-refractivity contribution in [3.05, 3.63) is 30.6 Å². The minimum Gasteiger partial charge on any atom is -0.370 e. The van der Waals surface area contributed by atoms with Crippen LogP contribution in [0, 0.1) is 5.92 Å². The number of para-hydroxylation sites is 2. The van der Waals surface area contributed by atoms with Crippen LogP contribution < -0.4 is 0 Å². The summed E-state index contributed by atoms with van der Waals surface area (Å²) in [6.45, 7) is 2.08. The van der Waals surface area contributed by atoms with Crippen LogP contribution in [0.5, 0.6) is 0 Å². The van der Waals surface area contributed by atoms with Crippen molar-refractivity contribution in [2.24, 2.45) is 5.92 Å². The van der Waals surface area contributed by atoms with E-state index in [0.717, 1.165) is 24.6 Å². The molecule has 1 aliphatic heterocycles. The second-order valence-corrected chi connectivity index (χ2v) is 5.82. The number of ether oxygens (including phenoxy) is 1. The van der Waals surface area contributed by atoms with Gasteiger partial charge in [-0.15, -0.1) is 0 Å². The van der Waals surface area contributed by atoms with E-state index in [1.807, 2.05) is 12.4 Å². The van der Waals surface area contributed by atoms with Crippen LogP contribution in [0.1, 0.15) is 25.7 Å². The molecule has 94 valence electrons. The van der Waals surface area contributed by atoms with Gasteiger partial charge in [0.05, 0.1) is 29.6 Å². The Bertz CT molecular complexity index is 571. The largest absolute Gasteiger partial charge is 0.370 e. The molecule has 1 aromatic carbocycles. The highest BCUT2D eigenvalue weighted by Crippen LogP contribution is 2.44. The lowest BCUT2D eigenvalue weighted by Crippen LogP contribution is -2.25. The van der Waals surface area contributed by atoms with Crippen molar-refractivity contribution in [1.29, 1.82) is 0 Å². The third-order valence-electron chi connectivity index (χ3n) is 4.44. The van der Waals surface area contributed by atoms with Crippen molar-refractivity contribution in [1.82, 2.24) is 9.55 Å². The van der Waals surface area contributed by atoms with Crippen LogP contribution in [0.25, 0.3) is 11.0 Å². The maximum absolute atomic E-state index is 5.65. The second kappa shape index (κ2) is 3.82. The van der Waals surface area contributed by atoms with E-state index in [2.05, 4.69) is 27.8 Å². The first kappa shape index (κ1) is 10.6. The summed E-state index contributed by atoms with van der Waals surface area (Å²) in [5.74, 6) is 0.749. The molecule has 1 aliphatic carbocycles. The molecule has 1 aromatic heterocycles. The highest BCUT2D eigenvalue weighted by molar-refractivity contribution is 5.74. The van der Waals surface area contributed by atoms with Crippen LogP contribution in [-0.2, 0) is 11.3 Å². The molecule has 4 rings (SSSR count). The van der Waals surface area contributed by atoms with Gasteiger partial charge in [0, 0.05) is 6.54 Å². The van der Waals surface area contributed by atoms with Gasteiger partial charge in [0.15, 0.2) is 0 Å². The van der Waals surface area contributed by atoms with Gasteiger partial charge >= 0.3 is 0 Å². The average molecular weight is 242 g/mol. The molecule has 2 fully saturated rings. The number of benzene rings is 1. The molecule has 0 N–H and O–H groups in total. The Morgan fingerprint density at radius 1 is 1.39 bits per heavy atom. The molecule has 2 heterocycles. The molecule has 1 saturated heterocycles. The Morgan fingerprint density at radius 2 is 2.28 bits per heavy atom. The number of epoxide rings is 1. The van der Waals surface area contributed by atoms with Crippen molar-refractivity contribution in [2.75, 3.05) is 6.61 Å². The fourth-order valence-electron chi connectivity index (χ4n) is 3.40. The molecule has 3 heteroatoms. The molecule has 2 aliphatic rings. The van der Waals surface area contributed by atoms with E-state index in [9.17, 15) is 0 Å². The molecule has 3 nitrogen and oxygen atoms in total. The van der Waals surface area contributed by atoms with E-state index < -0.39 is 0 Å². The van der Waals surface area contributed by atoms with Gasteiger partial charge in [-0.1, -0.05) is 18.6 Å². The number of rotatable bonds is 2. The summed E-state index contributed by atoms with van der Waals surface area (Å²) in [6, 6.07) is 8.38. The van der Waals surface area contributed by atoms with Gasteiger partial charge < -0.3 is 9.30 Å². The lowest BCUT2D eigenvalue weighted by atomic mass is 9.81. The molecule has 1 spiro atoms. The molecule has 0 amide bonds. The monoisotopic (exact) mass is 242 g/mol. The maximum atomic E-state index is 5.65. The van der Waals surface area contributed by atoms with Crippen LogP contribution in [0.2, 0.25) is 0 Å². The third kappa shape index (κ3) is 1.74. The summed E-state index contributed by atoms with van der Waals surface area (Å²) < 4.78 is 7.96. The van der Waals surface area contributed by atoms with Crippen molar-refractivity contribution >= 4 is 11.0 Å². The van der Waals surface area contributed by atoms with Crippen LogP contribution in [0.15, 0.2) is 30.6 Å². The van der Waals surface area contributed by atoms with Crippen LogP contribution in [-0.4, -0.2) is 21.8 Å². The number of aromatic nitrogens is 2. The fraction of sp³-hybridized carbons (Fsp3) is 0.533. The van der Waals surface area contributed by atoms with Gasteiger partial charge in [0.2, 0.25) is 0 Å². The molecule has 2 aromatic rings. The van der Waals surface area contributed by atoms with Gasteiger partial charge in [-0.25, -0.2) is 4.98 Å². The predicted octanol–water partition coefficient (Wildman–Crippen LogP) is 3.00. The molecule has 0 radical (unpaired) electrons. The van der Waals surface area contributed by atoms with Crippen LogP contribution in [0.4, 0.5) is 0 Å². The van der Waals surface area contributed by atoms with E-state index in [4.69, 9.17) is 4.74 Å². The summed E-state index contributed by atoms with van der Waals surface area (Å²) in [5, 5.41) is 0. The van der Waals surface area contributed by atoms with E-state index in [1.165, 1.54) is 31.2 Å². The van der Waals surface area contributed by atoms with E-state index in [-0.39, 0.29) is 5.60 Å². The number of hydrogen-bond donors (Lipinski definition) is 0. The van der Waals surface area contributed by atoms with Gasteiger partial charge in [-0.05, 0) is 37.3 Å². The summed E-state index contributed by atoms with van der Waals surface area (Å²) >= 11 is 0. The second-order valence-electron chi connectivity index (χ2n) is 5.82. The van der Waals surface area contributed by atoms with E-state index in [0.29, 0.717) is 0 Å². The van der Waals surface area contributed by atoms with Gasteiger partial charge in [0.25, 0.3) is 0 Å². The number of hydrogen-bond acceptors (Lipinski definition) is 2. The molecule has 0 bridgehead atoms. The van der Waals surface area contributed by atoms with Crippen molar-refractivity contribution in [3.8, 4) is 0 Å². The smallest absolute Gasteiger partial charge is 0.0958 e. The topological polar surface area (TPSA) is 30.4 Å². The lowest BCUT2D eigenvalue weighted by Gasteiger charge is -2.27. The molecular formula is C15H18N2O. The summed E-state index contributed by atoms with van der Waals surface area (Å²) in [6.07, 6.45) is 7.14. The van der Waals surface area contributed by atoms with Crippen molar-refractivity contribution in [2.45, 2.75) is 37.8 Å². The molecule has 2 unspecified atom stereocenters. The average Bonchev–Trinajstić information content (AvgIpc) is 3.01. The first-order valence-electron chi connectivity index (χ1n) is 6.89. The highest BCUT2D eigenvalue weighted by atomic mass is 16.6. The quantitative estimate of drug-likeness (QED) is 0.758. The Balaban J connectivity index is 1.57. The number of fused-ring (bicyclic) bond motifs is 1. The van der Waals surface area contributed by atoms with Crippen molar-refractivity contribution in [3.63, 3.8) is 0 Å². The molecular weight excluding hydrogens is 224 g/mol. The molecule has 2 atom stereocenters. The van der Waals surface area contributed by atoms with Crippen molar-refractivity contribution < 1.29 is 4.74 Å². The Kier molecular flexibility index (Phi) is 2.24. The molecule has 1 saturated carbocycles. The van der Waals surface area contributed by atoms with E-state index >= 15 is 0 Å². The zero-order valence-electron chi connectivity index (χ0n) is 10.5. The normalized spacial score (nSPS) is 31.0. The van der Waals surface area contributed by atoms with Crippen LogP contribution >= 0.6 is 0 Å². The van der Waals surface area contributed by atoms with Gasteiger partial charge in [0.1, 0.15) is 0 Å². The zero-order chi connectivity index (χ0) is 12.0. The lowest BCUT2D eigenvalue weighted by molar-refractivity contribution is 0.179.